The molecular weight excluding hydrogens is 336 g/mol. The topological polar surface area (TPSA) is 89.2 Å². The average Bonchev–Trinajstić information content (AvgIpc) is 3.11. The van der Waals surface area contributed by atoms with Crippen LogP contribution in [0, 0.1) is 13.3 Å². The Labute approximate surface area is 136 Å². The Bertz CT molecular complexity index is 468. The maximum atomic E-state index is 10.4. The summed E-state index contributed by atoms with van der Waals surface area (Å²) in [6, 6.07) is 16.2. The van der Waals surface area contributed by atoms with Crippen molar-refractivity contribution in [3.05, 3.63) is 67.9 Å². The second-order valence-corrected chi connectivity index (χ2v) is 3.81. The summed E-state index contributed by atoms with van der Waals surface area (Å²) in [5, 5.41) is 0. The van der Waals surface area contributed by atoms with E-state index < -0.39 is 11.1 Å². The molecule has 0 radical (unpaired) electrons. The summed E-state index contributed by atoms with van der Waals surface area (Å²) < 4.78 is 40.6. The van der Waals surface area contributed by atoms with E-state index in [1.54, 1.807) is 12.1 Å². The first-order valence-electron chi connectivity index (χ1n) is 5.05. The Morgan fingerprint density at radius 3 is 1.76 bits per heavy atom. The minimum Gasteiger partial charge on any atom is -0.214 e. The van der Waals surface area contributed by atoms with Gasteiger partial charge < -0.3 is 9.29 Å². The first-order chi connectivity index (χ1) is 9.74. The molecule has 0 saturated carbocycles. The molecule has 0 aliphatic carbocycles. The molecule has 0 aliphatic rings. The maximum absolute atomic E-state index is 10.4. The minimum atomic E-state index is -2.14. The van der Waals surface area contributed by atoms with E-state index in [9.17, 15) is 8.76 Å². The van der Waals surface area contributed by atoms with Crippen LogP contribution in [0.2, 0.25) is 0 Å². The third kappa shape index (κ3) is 13.2. The molecule has 0 heterocycles. The van der Waals surface area contributed by atoms with E-state index in [1.807, 2.05) is 30.3 Å². The fraction of sp³-hybridized carbons (Fsp3) is 0.0714. The van der Waals surface area contributed by atoms with Crippen LogP contribution >= 0.6 is 0 Å². The molecule has 0 fully saturated rings. The Balaban J connectivity index is -0.000000273. The van der Waals surface area contributed by atoms with Gasteiger partial charge in [-0.2, -0.15) is 18.2 Å². The molecular formula is C14H12FeO5S-2. The van der Waals surface area contributed by atoms with Crippen LogP contribution < -0.4 is 4.74 Å². The van der Waals surface area contributed by atoms with Gasteiger partial charge in [-0.3, -0.25) is 4.21 Å². The van der Waals surface area contributed by atoms with Crippen molar-refractivity contribution < 1.29 is 39.9 Å². The Morgan fingerprint density at radius 1 is 1.10 bits per heavy atom. The fourth-order valence-electron chi connectivity index (χ4n) is 1.01. The minimum absolute atomic E-state index is 0. The van der Waals surface area contributed by atoms with Crippen LogP contribution in [-0.4, -0.2) is 15.9 Å². The zero-order valence-electron chi connectivity index (χ0n) is 11.0. The van der Waals surface area contributed by atoms with Crippen LogP contribution in [0.5, 0.6) is 5.75 Å². The summed E-state index contributed by atoms with van der Waals surface area (Å²) in [5.41, 5.74) is 0. The van der Waals surface area contributed by atoms with Gasteiger partial charge >= 0.3 is 22.6 Å². The third-order valence-corrected chi connectivity index (χ3v) is 2.46. The first-order valence-corrected chi connectivity index (χ1v) is 6.12. The molecule has 2 aromatic carbocycles. The van der Waals surface area contributed by atoms with E-state index in [2.05, 4.69) is 13.3 Å². The van der Waals surface area contributed by atoms with E-state index in [0.29, 0.717) is 5.75 Å². The molecule has 0 N–H and O–H groups in total. The van der Waals surface area contributed by atoms with Gasteiger partial charge in [-0.1, -0.05) is 0 Å². The largest absolute Gasteiger partial charge is 0.214 e. The summed E-state index contributed by atoms with van der Waals surface area (Å²) >= 11 is -2.14. The number of rotatable bonds is 2. The van der Waals surface area contributed by atoms with Gasteiger partial charge in [0.2, 0.25) is 0 Å². The van der Waals surface area contributed by atoms with Crippen molar-refractivity contribution in [3.63, 3.8) is 0 Å². The van der Waals surface area contributed by atoms with Crippen LogP contribution in [0.4, 0.5) is 0 Å². The molecule has 0 aliphatic heterocycles. The van der Waals surface area contributed by atoms with Gasteiger partial charge in [0.1, 0.15) is 5.75 Å². The Morgan fingerprint density at radius 2 is 1.52 bits per heavy atom. The van der Waals surface area contributed by atoms with Crippen molar-refractivity contribution in [2.75, 3.05) is 7.11 Å². The monoisotopic (exact) mass is 348 g/mol. The number of hydrogen-bond donors (Lipinski definition) is 0. The molecule has 0 amide bonds. The molecule has 1 atom stereocenters. The van der Waals surface area contributed by atoms with Crippen molar-refractivity contribution in [2.45, 2.75) is 4.90 Å². The predicted molar refractivity (Wildman–Crippen MR) is 70.1 cm³/mol. The van der Waals surface area contributed by atoms with Gasteiger partial charge in [-0.15, -0.1) is 0 Å². The maximum Gasteiger partial charge on any atom is 0 e. The molecule has 0 spiro atoms. The van der Waals surface area contributed by atoms with E-state index >= 15 is 0 Å². The zero-order valence-corrected chi connectivity index (χ0v) is 12.9. The van der Waals surface area contributed by atoms with Crippen LogP contribution in [0.15, 0.2) is 59.5 Å². The van der Waals surface area contributed by atoms with Gasteiger partial charge in [0.15, 0.2) is 0 Å². The standard InChI is InChI=1S/C7H8O3S.C5H5.2CO.Fe/c1-10-6-2-4-7(5-3-6)11(8)9;1-2-4-5-3-1;2*1-2;/h2-5H,1H3,(H,8,9);1-5H;;;/q;-1;;;/p-1. The number of ether oxygens (including phenoxy) is 1. The summed E-state index contributed by atoms with van der Waals surface area (Å²) in [7, 11) is 1.53. The molecule has 1 unspecified atom stereocenters. The third-order valence-electron chi connectivity index (χ3n) is 1.81. The summed E-state index contributed by atoms with van der Waals surface area (Å²) in [6.45, 7) is 9.00. The van der Waals surface area contributed by atoms with Gasteiger partial charge in [0, 0.05) is 22.0 Å². The van der Waals surface area contributed by atoms with Crippen molar-refractivity contribution >= 4 is 11.1 Å². The van der Waals surface area contributed by atoms with Crippen LogP contribution in [0.3, 0.4) is 0 Å². The summed E-state index contributed by atoms with van der Waals surface area (Å²) in [6.07, 6.45) is 0. The zero-order chi connectivity index (χ0) is 15.8. The van der Waals surface area contributed by atoms with Gasteiger partial charge in [0.25, 0.3) is 0 Å². The predicted octanol–water partition coefficient (Wildman–Crippen LogP) is 2.26. The Kier molecular flexibility index (Phi) is 21.6. The molecule has 2 rings (SSSR count). The SMILES string of the molecule is COc1ccc(S(=O)[O-])cc1.[C-]#[O+].[C-]#[O+].[Fe].c1cc[cH-]c1. The second-order valence-electron chi connectivity index (χ2n) is 2.87. The summed E-state index contributed by atoms with van der Waals surface area (Å²) in [4.78, 5) is 0.269. The van der Waals surface area contributed by atoms with Crippen LogP contribution in [0.25, 0.3) is 0 Å². The van der Waals surface area contributed by atoms with Gasteiger partial charge in [0.05, 0.1) is 7.11 Å². The number of benzene rings is 1. The fourth-order valence-corrected chi connectivity index (χ4v) is 1.37. The molecule has 2 aromatic rings. The van der Waals surface area contributed by atoms with E-state index in [1.165, 1.54) is 19.2 Å². The second kappa shape index (κ2) is 18.5. The van der Waals surface area contributed by atoms with Crippen molar-refractivity contribution in [2.24, 2.45) is 0 Å². The molecule has 5 nitrogen and oxygen atoms in total. The van der Waals surface area contributed by atoms with Gasteiger partial charge in [-0.25, -0.2) is 12.1 Å². The molecule has 7 heteroatoms. The molecule has 0 bridgehead atoms. The van der Waals surface area contributed by atoms with Crippen molar-refractivity contribution in [3.8, 4) is 5.75 Å². The average molecular weight is 348 g/mol. The Hall–Kier alpha value is -1.52. The molecule has 21 heavy (non-hydrogen) atoms. The molecule has 114 valence electrons. The van der Waals surface area contributed by atoms with E-state index in [0.717, 1.165) is 0 Å². The van der Waals surface area contributed by atoms with E-state index in [4.69, 9.17) is 14.0 Å². The normalized spacial score (nSPS) is 8.67. The molecule has 0 saturated heterocycles. The number of methoxy groups -OCH3 is 1. The summed E-state index contributed by atoms with van der Waals surface area (Å²) in [5.74, 6) is 0.652. The first kappa shape index (κ1) is 24.5. The van der Waals surface area contributed by atoms with Crippen molar-refractivity contribution in [1.82, 2.24) is 0 Å². The van der Waals surface area contributed by atoms with Gasteiger partial charge in [-0.05, 0) is 35.3 Å². The van der Waals surface area contributed by atoms with Crippen LogP contribution in [-0.2, 0) is 37.5 Å². The van der Waals surface area contributed by atoms with E-state index in [-0.39, 0.29) is 22.0 Å². The van der Waals surface area contributed by atoms with Crippen LogP contribution in [0.1, 0.15) is 0 Å². The van der Waals surface area contributed by atoms with Crippen molar-refractivity contribution in [1.29, 1.82) is 0 Å². The quantitative estimate of drug-likeness (QED) is 0.361. The number of hydrogen-bond acceptors (Lipinski definition) is 3. The smallest absolute Gasteiger partial charge is 0 e. The molecule has 0 aromatic heterocycles.